The first-order valence-electron chi connectivity index (χ1n) is 10.1. The van der Waals surface area contributed by atoms with E-state index in [0.717, 1.165) is 16.8 Å². The Morgan fingerprint density at radius 2 is 1.97 bits per heavy atom. The van der Waals surface area contributed by atoms with E-state index in [9.17, 15) is 9.59 Å². The minimum atomic E-state index is -0.300. The van der Waals surface area contributed by atoms with Gasteiger partial charge in [0.1, 0.15) is 5.82 Å². The van der Waals surface area contributed by atoms with Crippen LogP contribution in [0, 0.1) is 0 Å². The van der Waals surface area contributed by atoms with Gasteiger partial charge in [-0.3, -0.25) is 14.4 Å². The van der Waals surface area contributed by atoms with Crippen LogP contribution in [0.2, 0.25) is 0 Å². The molecule has 0 aliphatic carbocycles. The average molecular weight is 419 g/mol. The summed E-state index contributed by atoms with van der Waals surface area (Å²) in [7, 11) is 3.57. The van der Waals surface area contributed by atoms with Crippen molar-refractivity contribution in [1.82, 2.24) is 25.0 Å². The molecule has 1 fully saturated rings. The van der Waals surface area contributed by atoms with Gasteiger partial charge in [0.05, 0.1) is 11.8 Å². The first-order valence-corrected chi connectivity index (χ1v) is 10.1. The van der Waals surface area contributed by atoms with Gasteiger partial charge in [-0.1, -0.05) is 18.2 Å². The summed E-state index contributed by atoms with van der Waals surface area (Å²) in [6, 6.07) is 10.9. The number of nitrogens with one attached hydrogen (secondary N) is 1. The molecular formula is C22H25N7O2. The quantitative estimate of drug-likeness (QED) is 0.673. The molecular weight excluding hydrogens is 394 g/mol. The van der Waals surface area contributed by atoms with E-state index in [1.54, 1.807) is 40.0 Å². The molecule has 0 saturated carbocycles. The Labute approximate surface area is 180 Å². The molecule has 160 valence electrons. The first kappa shape index (κ1) is 20.4. The second kappa shape index (κ2) is 8.47. The number of amides is 3. The van der Waals surface area contributed by atoms with E-state index in [-0.39, 0.29) is 23.8 Å². The summed E-state index contributed by atoms with van der Waals surface area (Å²) in [5, 5.41) is 7.14. The number of carbonyl (C=O) groups excluding carboxylic acids is 2. The molecule has 2 aromatic heterocycles. The van der Waals surface area contributed by atoms with Crippen LogP contribution in [-0.4, -0.2) is 57.8 Å². The maximum Gasteiger partial charge on any atom is 0.324 e. The monoisotopic (exact) mass is 419 g/mol. The van der Waals surface area contributed by atoms with Crippen molar-refractivity contribution in [2.45, 2.75) is 12.5 Å². The van der Waals surface area contributed by atoms with Crippen LogP contribution in [0.3, 0.4) is 0 Å². The number of likely N-dealkylation sites (tertiary alicyclic amines) is 1. The van der Waals surface area contributed by atoms with Crippen molar-refractivity contribution >= 4 is 23.4 Å². The third-order valence-electron chi connectivity index (χ3n) is 5.43. The number of carbonyl (C=O) groups is 2. The zero-order valence-corrected chi connectivity index (χ0v) is 17.5. The van der Waals surface area contributed by atoms with Crippen molar-refractivity contribution < 1.29 is 9.59 Å². The lowest BCUT2D eigenvalue weighted by atomic mass is 10.1. The number of pyridine rings is 1. The van der Waals surface area contributed by atoms with Crippen molar-refractivity contribution in [1.29, 1.82) is 0 Å². The molecule has 0 spiro atoms. The summed E-state index contributed by atoms with van der Waals surface area (Å²) >= 11 is 0. The fraction of sp³-hybridized carbons (Fsp3) is 0.273. The minimum absolute atomic E-state index is 0.0947. The zero-order valence-electron chi connectivity index (χ0n) is 17.5. The molecule has 1 aliphatic rings. The minimum Gasteiger partial charge on any atom is -0.383 e. The number of aromatic nitrogens is 3. The molecule has 3 aromatic rings. The van der Waals surface area contributed by atoms with Gasteiger partial charge in [0, 0.05) is 62.4 Å². The van der Waals surface area contributed by atoms with Gasteiger partial charge in [0.15, 0.2) is 0 Å². The molecule has 3 amide bonds. The number of urea groups is 1. The van der Waals surface area contributed by atoms with Gasteiger partial charge in [0.25, 0.3) is 5.91 Å². The summed E-state index contributed by atoms with van der Waals surface area (Å²) in [5.41, 5.74) is 8.72. The summed E-state index contributed by atoms with van der Waals surface area (Å²) < 4.78 is 1.68. The SMILES string of the molecule is CN(C(=O)N1CC[C@@H](NC(=O)c2cc(-c3cnn(C)c3)cnc2N)C1)c1ccccc1. The normalized spacial score (nSPS) is 15.7. The zero-order chi connectivity index (χ0) is 22.0. The molecule has 9 nitrogen and oxygen atoms in total. The molecule has 3 heterocycles. The molecule has 0 bridgehead atoms. The van der Waals surface area contributed by atoms with Crippen LogP contribution in [0.1, 0.15) is 16.8 Å². The third kappa shape index (κ3) is 4.35. The Hall–Kier alpha value is -3.88. The highest BCUT2D eigenvalue weighted by molar-refractivity contribution is 5.99. The van der Waals surface area contributed by atoms with E-state index >= 15 is 0 Å². The Morgan fingerprint density at radius 1 is 1.19 bits per heavy atom. The highest BCUT2D eigenvalue weighted by Crippen LogP contribution is 2.22. The molecule has 31 heavy (non-hydrogen) atoms. The lowest BCUT2D eigenvalue weighted by molar-refractivity contribution is 0.0938. The van der Waals surface area contributed by atoms with Crippen LogP contribution >= 0.6 is 0 Å². The van der Waals surface area contributed by atoms with Crippen molar-refractivity contribution in [2.75, 3.05) is 30.8 Å². The maximum absolute atomic E-state index is 12.9. The van der Waals surface area contributed by atoms with Gasteiger partial charge in [-0.25, -0.2) is 9.78 Å². The maximum atomic E-state index is 12.9. The smallest absolute Gasteiger partial charge is 0.324 e. The van der Waals surface area contributed by atoms with Crippen molar-refractivity contribution in [3.63, 3.8) is 0 Å². The van der Waals surface area contributed by atoms with Crippen LogP contribution in [0.4, 0.5) is 16.3 Å². The number of benzene rings is 1. The Kier molecular flexibility index (Phi) is 5.57. The molecule has 1 atom stereocenters. The summed E-state index contributed by atoms with van der Waals surface area (Å²) in [6.45, 7) is 1.02. The average Bonchev–Trinajstić information content (AvgIpc) is 3.42. The van der Waals surface area contributed by atoms with E-state index in [0.29, 0.717) is 25.1 Å². The van der Waals surface area contributed by atoms with Gasteiger partial charge in [0.2, 0.25) is 0 Å². The molecule has 3 N–H and O–H groups in total. The van der Waals surface area contributed by atoms with Crippen LogP contribution in [0.25, 0.3) is 11.1 Å². The summed E-state index contributed by atoms with van der Waals surface area (Å²) in [4.78, 5) is 33.2. The summed E-state index contributed by atoms with van der Waals surface area (Å²) in [5.74, 6) is -0.133. The fourth-order valence-electron chi connectivity index (χ4n) is 3.67. The van der Waals surface area contributed by atoms with Crippen LogP contribution < -0.4 is 16.0 Å². The lowest BCUT2D eigenvalue weighted by Gasteiger charge is -2.24. The Bertz CT molecular complexity index is 1100. The van der Waals surface area contributed by atoms with Gasteiger partial charge in [-0.2, -0.15) is 5.10 Å². The topological polar surface area (TPSA) is 109 Å². The third-order valence-corrected chi connectivity index (χ3v) is 5.43. The van der Waals surface area contributed by atoms with Gasteiger partial charge in [-0.15, -0.1) is 0 Å². The first-order chi connectivity index (χ1) is 14.9. The van der Waals surface area contributed by atoms with E-state index in [1.165, 1.54) is 0 Å². The second-order valence-corrected chi connectivity index (χ2v) is 7.64. The number of rotatable bonds is 4. The fourth-order valence-corrected chi connectivity index (χ4v) is 3.67. The highest BCUT2D eigenvalue weighted by atomic mass is 16.2. The number of aryl methyl sites for hydroxylation is 1. The van der Waals surface area contributed by atoms with Gasteiger partial charge < -0.3 is 16.0 Å². The van der Waals surface area contributed by atoms with Crippen molar-refractivity contribution in [3.05, 3.63) is 60.6 Å². The van der Waals surface area contributed by atoms with Crippen molar-refractivity contribution in [3.8, 4) is 11.1 Å². The van der Waals surface area contributed by atoms with Crippen LogP contribution in [0.5, 0.6) is 0 Å². The lowest BCUT2D eigenvalue weighted by Crippen LogP contribution is -2.43. The molecule has 1 aromatic carbocycles. The van der Waals surface area contributed by atoms with Crippen LogP contribution in [-0.2, 0) is 7.05 Å². The predicted octanol–water partition coefficient (Wildman–Crippen LogP) is 2.12. The standard InChI is InChI=1S/C22H25N7O2/c1-27-13-16(12-25-27)15-10-19(20(23)24-11-15)21(30)26-17-8-9-29(14-17)22(31)28(2)18-6-4-3-5-7-18/h3-7,10-13,17H,8-9,14H2,1-2H3,(H2,23,24)(H,26,30)/t17-/m1/s1. The van der Waals surface area contributed by atoms with E-state index in [2.05, 4.69) is 15.4 Å². The Balaban J connectivity index is 1.41. The second-order valence-electron chi connectivity index (χ2n) is 7.64. The molecule has 0 unspecified atom stereocenters. The largest absolute Gasteiger partial charge is 0.383 e. The Morgan fingerprint density at radius 3 is 2.68 bits per heavy atom. The highest BCUT2D eigenvalue weighted by Gasteiger charge is 2.30. The van der Waals surface area contributed by atoms with E-state index in [4.69, 9.17) is 5.73 Å². The molecule has 4 rings (SSSR count). The molecule has 1 saturated heterocycles. The number of para-hydroxylation sites is 1. The molecule has 1 aliphatic heterocycles. The molecule has 0 radical (unpaired) electrons. The van der Waals surface area contributed by atoms with E-state index < -0.39 is 0 Å². The predicted molar refractivity (Wildman–Crippen MR) is 119 cm³/mol. The van der Waals surface area contributed by atoms with Gasteiger partial charge in [-0.05, 0) is 24.6 Å². The number of nitrogens with two attached hydrogens (primary N) is 1. The number of nitrogen functional groups attached to an aromatic ring is 1. The van der Waals surface area contributed by atoms with Crippen molar-refractivity contribution in [2.24, 2.45) is 7.05 Å². The number of nitrogens with zero attached hydrogens (tertiary/aromatic N) is 5. The van der Waals surface area contributed by atoms with E-state index in [1.807, 2.05) is 43.6 Å². The summed E-state index contributed by atoms with van der Waals surface area (Å²) in [6.07, 6.45) is 5.85. The molecule has 9 heteroatoms. The van der Waals surface area contributed by atoms with Crippen LogP contribution in [0.15, 0.2) is 55.0 Å². The number of hydrogen-bond donors (Lipinski definition) is 2. The van der Waals surface area contributed by atoms with Gasteiger partial charge >= 0.3 is 6.03 Å². The number of anilines is 2. The number of hydrogen-bond acceptors (Lipinski definition) is 5.